The van der Waals surface area contributed by atoms with Crippen LogP contribution in [-0.4, -0.2) is 59.0 Å². The first kappa shape index (κ1) is 30.1. The molecule has 2 N–H and O–H groups in total. The molecule has 14 heteroatoms. The molecule has 36 heavy (non-hydrogen) atoms. The van der Waals surface area contributed by atoms with Gasteiger partial charge in [0.15, 0.2) is 0 Å². The Morgan fingerprint density at radius 3 is 1.94 bits per heavy atom. The summed E-state index contributed by atoms with van der Waals surface area (Å²) in [6, 6.07) is 6.35. The molecule has 0 saturated heterocycles. The number of halogens is 3. The molecular formula is C22H30F3N3O5S3. The summed E-state index contributed by atoms with van der Waals surface area (Å²) in [7, 11) is -5.47. The average molecular weight is 570 g/mol. The van der Waals surface area contributed by atoms with Crippen LogP contribution in [0.15, 0.2) is 35.0 Å². The fourth-order valence-electron chi connectivity index (χ4n) is 3.61. The molecule has 0 spiro atoms. The van der Waals surface area contributed by atoms with Crippen molar-refractivity contribution in [2.75, 3.05) is 6.54 Å². The van der Waals surface area contributed by atoms with Gasteiger partial charge in [0.2, 0.25) is 5.91 Å². The van der Waals surface area contributed by atoms with E-state index in [9.17, 15) is 36.3 Å². The maximum Gasteiger partial charge on any atom is 0.511 e. The van der Waals surface area contributed by atoms with Gasteiger partial charge in [0.1, 0.15) is 6.04 Å². The number of hydrogen-bond acceptors (Lipinski definition) is 6. The maximum absolute atomic E-state index is 13.8. The molecule has 0 aliphatic rings. The van der Waals surface area contributed by atoms with Gasteiger partial charge in [0, 0.05) is 21.8 Å². The quantitative estimate of drug-likeness (QED) is 0.346. The summed E-state index contributed by atoms with van der Waals surface area (Å²) in [6.45, 7) is 5.02. The molecule has 1 atom stereocenters. The van der Waals surface area contributed by atoms with E-state index >= 15 is 0 Å². The van der Waals surface area contributed by atoms with Crippen LogP contribution in [0.4, 0.5) is 18.0 Å². The highest BCUT2D eigenvalue weighted by Crippen LogP contribution is 2.26. The monoisotopic (exact) mass is 569 g/mol. The van der Waals surface area contributed by atoms with Gasteiger partial charge in [-0.1, -0.05) is 12.1 Å². The van der Waals surface area contributed by atoms with Gasteiger partial charge in [-0.2, -0.15) is 13.2 Å². The summed E-state index contributed by atoms with van der Waals surface area (Å²) in [6.07, 6.45) is -1.16. The largest absolute Gasteiger partial charge is 0.511 e. The smallest absolute Gasteiger partial charge is 0.465 e. The van der Waals surface area contributed by atoms with Crippen LogP contribution in [0.25, 0.3) is 0 Å². The van der Waals surface area contributed by atoms with Crippen molar-refractivity contribution in [2.24, 2.45) is 0 Å². The molecular weight excluding hydrogens is 539 g/mol. The van der Waals surface area contributed by atoms with E-state index in [2.05, 4.69) is 0 Å². The number of alkyl halides is 3. The topological polar surface area (TPSA) is 107 Å². The molecule has 0 radical (unpaired) electrons. The number of nitrogens with zero attached hydrogens (tertiary/aromatic N) is 2. The Hall–Kier alpha value is -2.16. The van der Waals surface area contributed by atoms with Gasteiger partial charge in [0.05, 0.1) is 13.1 Å². The zero-order chi connectivity index (χ0) is 27.1. The zero-order valence-corrected chi connectivity index (χ0v) is 22.6. The van der Waals surface area contributed by atoms with Crippen molar-refractivity contribution in [2.45, 2.75) is 70.2 Å². The predicted molar refractivity (Wildman–Crippen MR) is 133 cm³/mol. The van der Waals surface area contributed by atoms with Crippen molar-refractivity contribution < 1.29 is 36.3 Å². The second kappa shape index (κ2) is 12.4. The van der Waals surface area contributed by atoms with E-state index in [0.717, 1.165) is 14.7 Å². The third-order valence-corrected chi connectivity index (χ3v) is 8.11. The number of thiophene rings is 2. The van der Waals surface area contributed by atoms with Crippen LogP contribution >= 0.6 is 22.7 Å². The third-order valence-electron chi connectivity index (χ3n) is 5.19. The lowest BCUT2D eigenvalue weighted by atomic mass is 9.98. The molecule has 0 saturated carbocycles. The van der Waals surface area contributed by atoms with E-state index in [1.165, 1.54) is 27.4 Å². The summed E-state index contributed by atoms with van der Waals surface area (Å²) in [5.74, 6) is -0.426. The molecule has 8 nitrogen and oxygen atoms in total. The summed E-state index contributed by atoms with van der Waals surface area (Å²) >= 11 is 2.93. The number of carbonyl (C=O) groups is 2. The van der Waals surface area contributed by atoms with Gasteiger partial charge in [-0.3, -0.25) is 9.69 Å². The Balaban J connectivity index is 2.24. The Kier molecular flexibility index (Phi) is 10.3. The predicted octanol–water partition coefficient (Wildman–Crippen LogP) is 5.10. The van der Waals surface area contributed by atoms with Crippen LogP contribution in [0, 0.1) is 0 Å². The van der Waals surface area contributed by atoms with E-state index in [1.807, 2.05) is 35.0 Å². The minimum atomic E-state index is -5.47. The van der Waals surface area contributed by atoms with E-state index < -0.39 is 45.7 Å². The SMILES string of the molecule is CC(C)(C)N(C(=O)O)C(CCCCNS(=O)(=O)C(F)(F)F)C(=O)N(Cc1cccs1)Cc1cccs1. The second-order valence-corrected chi connectivity index (χ2v) is 12.9. The molecule has 2 aromatic heterocycles. The Morgan fingerprint density at radius 2 is 1.56 bits per heavy atom. The molecule has 2 aromatic rings. The number of nitrogens with one attached hydrogen (secondary N) is 1. The Labute approximate surface area is 216 Å². The van der Waals surface area contributed by atoms with Crippen LogP contribution in [-0.2, 0) is 27.9 Å². The van der Waals surface area contributed by atoms with Crippen LogP contribution in [0.2, 0.25) is 0 Å². The van der Waals surface area contributed by atoms with Gasteiger partial charge in [-0.15, -0.1) is 22.7 Å². The molecule has 0 aliphatic carbocycles. The van der Waals surface area contributed by atoms with Crippen LogP contribution in [0.3, 0.4) is 0 Å². The summed E-state index contributed by atoms with van der Waals surface area (Å²) < 4.78 is 61.5. The fourth-order valence-corrected chi connectivity index (χ4v) is 5.62. The molecule has 2 amide bonds. The third kappa shape index (κ3) is 8.46. The van der Waals surface area contributed by atoms with Crippen molar-refractivity contribution >= 4 is 44.7 Å². The number of sulfonamides is 1. The number of rotatable bonds is 12. The molecule has 0 aromatic carbocycles. The molecule has 2 heterocycles. The van der Waals surface area contributed by atoms with E-state index in [1.54, 1.807) is 25.7 Å². The normalized spacial score (nSPS) is 13.4. The minimum Gasteiger partial charge on any atom is -0.465 e. The lowest BCUT2D eigenvalue weighted by Crippen LogP contribution is -2.57. The lowest BCUT2D eigenvalue weighted by Gasteiger charge is -2.40. The van der Waals surface area contributed by atoms with E-state index in [0.29, 0.717) is 0 Å². The number of carbonyl (C=O) groups excluding carboxylic acids is 1. The average Bonchev–Trinajstić information content (AvgIpc) is 3.43. The van der Waals surface area contributed by atoms with Crippen molar-refractivity contribution in [3.63, 3.8) is 0 Å². The van der Waals surface area contributed by atoms with Gasteiger partial charge in [-0.05, 0) is 62.9 Å². The summed E-state index contributed by atoms with van der Waals surface area (Å²) in [5, 5.41) is 13.7. The number of amides is 2. The zero-order valence-electron chi connectivity index (χ0n) is 20.1. The van der Waals surface area contributed by atoms with Crippen molar-refractivity contribution in [1.29, 1.82) is 0 Å². The first-order valence-corrected chi connectivity index (χ1v) is 14.3. The number of unbranched alkanes of at least 4 members (excludes halogenated alkanes) is 1. The first-order valence-electron chi connectivity index (χ1n) is 11.0. The molecule has 0 bridgehead atoms. The standard InChI is InChI=1S/C22H30F3N3O5S3/c1-21(2,3)28(20(30)31)18(10-4-5-11-26-36(32,33)22(23,24)25)19(29)27(14-16-8-6-12-34-16)15-17-9-7-13-35-17/h6-9,12-13,18,26H,4-5,10-11,14-15H2,1-3H3,(H,30,31). The highest BCUT2D eigenvalue weighted by atomic mass is 32.2. The minimum absolute atomic E-state index is 0.00740. The molecule has 2 rings (SSSR count). The van der Waals surface area contributed by atoms with Gasteiger partial charge < -0.3 is 10.0 Å². The number of hydrogen-bond donors (Lipinski definition) is 2. The van der Waals surface area contributed by atoms with Crippen molar-refractivity contribution in [3.8, 4) is 0 Å². The molecule has 0 aliphatic heterocycles. The van der Waals surface area contributed by atoms with E-state index in [4.69, 9.17) is 0 Å². The summed E-state index contributed by atoms with van der Waals surface area (Å²) in [4.78, 5) is 30.5. The Morgan fingerprint density at radius 1 is 1.03 bits per heavy atom. The highest BCUT2D eigenvalue weighted by molar-refractivity contribution is 7.90. The lowest BCUT2D eigenvalue weighted by molar-refractivity contribution is -0.139. The van der Waals surface area contributed by atoms with Crippen LogP contribution in [0.5, 0.6) is 0 Å². The van der Waals surface area contributed by atoms with Crippen LogP contribution in [0.1, 0.15) is 49.8 Å². The fraction of sp³-hybridized carbons (Fsp3) is 0.545. The van der Waals surface area contributed by atoms with E-state index in [-0.39, 0.29) is 32.4 Å². The van der Waals surface area contributed by atoms with Crippen molar-refractivity contribution in [3.05, 3.63) is 44.8 Å². The summed E-state index contributed by atoms with van der Waals surface area (Å²) in [5.41, 5.74) is -6.36. The van der Waals surface area contributed by atoms with Crippen LogP contribution < -0.4 is 4.72 Å². The Bertz CT molecular complexity index is 1050. The van der Waals surface area contributed by atoms with Gasteiger partial charge >= 0.3 is 21.6 Å². The first-order chi connectivity index (χ1) is 16.6. The maximum atomic E-state index is 13.8. The van der Waals surface area contributed by atoms with Gasteiger partial charge in [-0.25, -0.2) is 17.9 Å². The second-order valence-electron chi connectivity index (χ2n) is 9.03. The number of carboxylic acid groups (broad SMARTS) is 1. The van der Waals surface area contributed by atoms with Crippen molar-refractivity contribution in [1.82, 2.24) is 14.5 Å². The molecule has 0 fully saturated rings. The highest BCUT2D eigenvalue weighted by Gasteiger charge is 2.45. The molecule has 1 unspecified atom stereocenters. The van der Waals surface area contributed by atoms with Gasteiger partial charge in [0.25, 0.3) is 0 Å². The molecule has 202 valence electrons.